The number of amides is 1. The van der Waals surface area contributed by atoms with Gasteiger partial charge in [0.05, 0.1) is 12.7 Å². The summed E-state index contributed by atoms with van der Waals surface area (Å²) >= 11 is 0. The van der Waals surface area contributed by atoms with Crippen LogP contribution in [-0.4, -0.2) is 37.1 Å². The molecule has 15 heavy (non-hydrogen) atoms. The van der Waals surface area contributed by atoms with Gasteiger partial charge in [-0.15, -0.1) is 0 Å². The van der Waals surface area contributed by atoms with E-state index in [4.69, 9.17) is 4.74 Å². The third-order valence-electron chi connectivity index (χ3n) is 3.37. The second-order valence-corrected chi connectivity index (χ2v) is 4.34. The van der Waals surface area contributed by atoms with E-state index in [1.165, 1.54) is 32.1 Å². The van der Waals surface area contributed by atoms with Crippen LogP contribution in [0.15, 0.2) is 0 Å². The predicted molar refractivity (Wildman–Crippen MR) is 53.6 cm³/mol. The molecular formula is C11H18NO2Y-. The maximum atomic E-state index is 10.6. The van der Waals surface area contributed by atoms with E-state index >= 15 is 0 Å². The van der Waals surface area contributed by atoms with Gasteiger partial charge >= 0.3 is 0 Å². The Hall–Kier alpha value is 0.534. The number of ether oxygens (including phenoxy) is 1. The van der Waals surface area contributed by atoms with Gasteiger partial charge in [0, 0.05) is 45.2 Å². The van der Waals surface area contributed by atoms with E-state index in [-0.39, 0.29) is 32.7 Å². The van der Waals surface area contributed by atoms with E-state index in [1.807, 2.05) is 6.41 Å². The molecule has 1 saturated heterocycles. The van der Waals surface area contributed by atoms with Gasteiger partial charge in [-0.1, -0.05) is 19.3 Å². The maximum absolute atomic E-state index is 10.6. The van der Waals surface area contributed by atoms with Crippen LogP contribution in [0.25, 0.3) is 0 Å². The summed E-state index contributed by atoms with van der Waals surface area (Å²) in [6, 6.07) is 0. The third kappa shape index (κ3) is 3.79. The van der Waals surface area contributed by atoms with Gasteiger partial charge in [0.15, 0.2) is 0 Å². The SMILES string of the molecule is O=[C-]N1CCOC2CCCCCC2C1.[Y]. The quantitative estimate of drug-likeness (QED) is 0.680. The van der Waals surface area contributed by atoms with Gasteiger partial charge in [-0.25, -0.2) is 0 Å². The number of rotatable bonds is 1. The Morgan fingerprint density at radius 2 is 2.00 bits per heavy atom. The molecule has 0 spiro atoms. The molecule has 0 aromatic rings. The fraction of sp³-hybridized carbons (Fsp3) is 0.909. The van der Waals surface area contributed by atoms with Crippen molar-refractivity contribution in [3.8, 4) is 0 Å². The van der Waals surface area contributed by atoms with Gasteiger partial charge in [-0.2, -0.15) is 6.41 Å². The average molecular weight is 285 g/mol. The third-order valence-corrected chi connectivity index (χ3v) is 3.37. The van der Waals surface area contributed by atoms with Crippen LogP contribution in [0.5, 0.6) is 0 Å². The molecule has 1 radical (unpaired) electrons. The molecule has 2 unspecified atom stereocenters. The summed E-state index contributed by atoms with van der Waals surface area (Å²) in [6.07, 6.45) is 8.68. The fourth-order valence-corrected chi connectivity index (χ4v) is 2.55. The van der Waals surface area contributed by atoms with Crippen molar-refractivity contribution in [1.82, 2.24) is 4.90 Å². The molecule has 1 aliphatic heterocycles. The molecule has 4 heteroatoms. The van der Waals surface area contributed by atoms with Gasteiger partial charge in [0.1, 0.15) is 0 Å². The molecule has 83 valence electrons. The smallest absolute Gasteiger partial charge is 0.0620 e. The number of fused-ring (bicyclic) bond motifs is 1. The predicted octanol–water partition coefficient (Wildman–Crippen LogP) is 1.33. The van der Waals surface area contributed by atoms with Crippen LogP contribution in [0.2, 0.25) is 0 Å². The Labute approximate surface area is 117 Å². The molecule has 1 aliphatic carbocycles. The molecule has 2 rings (SSSR count). The summed E-state index contributed by atoms with van der Waals surface area (Å²) in [4.78, 5) is 12.4. The minimum atomic E-state index is 0. The van der Waals surface area contributed by atoms with Crippen molar-refractivity contribution in [2.75, 3.05) is 19.7 Å². The van der Waals surface area contributed by atoms with Crippen LogP contribution in [0.3, 0.4) is 0 Å². The van der Waals surface area contributed by atoms with Crippen LogP contribution in [-0.2, 0) is 42.2 Å². The molecule has 0 N–H and O–H groups in total. The molecular weight excluding hydrogens is 267 g/mol. The maximum Gasteiger partial charge on any atom is 0.0620 e. The monoisotopic (exact) mass is 285 g/mol. The zero-order valence-corrected chi connectivity index (χ0v) is 12.0. The first-order chi connectivity index (χ1) is 6.90. The van der Waals surface area contributed by atoms with Gasteiger partial charge in [-0.05, 0) is 19.4 Å². The van der Waals surface area contributed by atoms with Gasteiger partial charge in [-0.3, -0.25) is 0 Å². The summed E-state index contributed by atoms with van der Waals surface area (Å²) < 4.78 is 5.80. The van der Waals surface area contributed by atoms with E-state index in [9.17, 15) is 4.79 Å². The topological polar surface area (TPSA) is 29.5 Å². The average Bonchev–Trinajstić information content (AvgIpc) is 2.50. The molecule has 2 fully saturated rings. The summed E-state index contributed by atoms with van der Waals surface area (Å²) in [5, 5.41) is 0. The van der Waals surface area contributed by atoms with Crippen LogP contribution >= 0.6 is 0 Å². The number of carbonyl (C=O) groups excluding carboxylic acids is 1. The minimum Gasteiger partial charge on any atom is -0.520 e. The Morgan fingerprint density at radius 1 is 1.20 bits per heavy atom. The van der Waals surface area contributed by atoms with E-state index < -0.39 is 0 Å². The molecule has 1 saturated carbocycles. The fourth-order valence-electron chi connectivity index (χ4n) is 2.55. The van der Waals surface area contributed by atoms with Gasteiger partial charge in [0.2, 0.25) is 0 Å². The minimum absolute atomic E-state index is 0. The largest absolute Gasteiger partial charge is 0.520 e. The van der Waals surface area contributed by atoms with Crippen molar-refractivity contribution in [1.29, 1.82) is 0 Å². The van der Waals surface area contributed by atoms with E-state index in [0.29, 0.717) is 18.6 Å². The summed E-state index contributed by atoms with van der Waals surface area (Å²) in [5.41, 5.74) is 0. The first kappa shape index (κ1) is 13.6. The standard InChI is InChI=1S/C11H18NO2.Y/c13-9-12-6-7-14-11-5-3-1-2-4-10(11)8-12;/h10-11H,1-8H2;/q-1;. The summed E-state index contributed by atoms with van der Waals surface area (Å²) in [5.74, 6) is 0.557. The Morgan fingerprint density at radius 3 is 2.80 bits per heavy atom. The molecule has 2 atom stereocenters. The molecule has 0 aromatic carbocycles. The molecule has 2 aliphatic rings. The van der Waals surface area contributed by atoms with E-state index in [1.54, 1.807) is 4.90 Å². The zero-order chi connectivity index (χ0) is 9.80. The van der Waals surface area contributed by atoms with Gasteiger partial charge < -0.3 is 14.4 Å². The summed E-state index contributed by atoms with van der Waals surface area (Å²) in [7, 11) is 0. The Balaban J connectivity index is 0.00000112. The van der Waals surface area contributed by atoms with Gasteiger partial charge in [0.25, 0.3) is 0 Å². The molecule has 1 amide bonds. The molecule has 0 aromatic heterocycles. The second-order valence-electron chi connectivity index (χ2n) is 4.34. The normalized spacial score (nSPS) is 31.9. The molecule has 1 heterocycles. The van der Waals surface area contributed by atoms with Crippen LogP contribution in [0.4, 0.5) is 0 Å². The van der Waals surface area contributed by atoms with Crippen LogP contribution in [0, 0.1) is 5.92 Å². The van der Waals surface area contributed by atoms with Crippen molar-refractivity contribution in [3.05, 3.63) is 0 Å². The molecule has 3 nitrogen and oxygen atoms in total. The Kier molecular flexibility index (Phi) is 6.32. The van der Waals surface area contributed by atoms with Crippen molar-refractivity contribution >= 4 is 6.41 Å². The molecule has 0 bridgehead atoms. The Bertz CT molecular complexity index is 201. The van der Waals surface area contributed by atoms with Crippen molar-refractivity contribution in [2.24, 2.45) is 5.92 Å². The van der Waals surface area contributed by atoms with E-state index in [0.717, 1.165) is 13.1 Å². The number of hydrogen-bond acceptors (Lipinski definition) is 2. The van der Waals surface area contributed by atoms with Crippen LogP contribution in [0.1, 0.15) is 32.1 Å². The summed E-state index contributed by atoms with van der Waals surface area (Å²) in [6.45, 7) is 2.26. The zero-order valence-electron chi connectivity index (χ0n) is 9.15. The van der Waals surface area contributed by atoms with Crippen molar-refractivity contribution < 1.29 is 42.2 Å². The van der Waals surface area contributed by atoms with E-state index in [2.05, 4.69) is 0 Å². The number of hydrogen-bond donors (Lipinski definition) is 0. The number of nitrogens with zero attached hydrogens (tertiary/aromatic N) is 1. The van der Waals surface area contributed by atoms with Crippen molar-refractivity contribution in [2.45, 2.75) is 38.2 Å². The van der Waals surface area contributed by atoms with Crippen molar-refractivity contribution in [3.63, 3.8) is 0 Å². The second kappa shape index (κ2) is 6.98. The van der Waals surface area contributed by atoms with Crippen LogP contribution < -0.4 is 0 Å². The first-order valence-corrected chi connectivity index (χ1v) is 5.64. The first-order valence-electron chi connectivity index (χ1n) is 5.64.